The van der Waals surface area contributed by atoms with Crippen LogP contribution in [0.2, 0.25) is 0 Å². The minimum Gasteiger partial charge on any atom is -0.497 e. The highest BCUT2D eigenvalue weighted by Crippen LogP contribution is 2.46. The first-order chi connectivity index (χ1) is 27.2. The van der Waals surface area contributed by atoms with E-state index in [2.05, 4.69) is 74.4 Å². The van der Waals surface area contributed by atoms with Gasteiger partial charge >= 0.3 is 16.5 Å². The molecule has 314 valence electrons. The first kappa shape index (κ1) is 43.5. The van der Waals surface area contributed by atoms with Gasteiger partial charge in [-0.1, -0.05) is 68.4 Å². The summed E-state index contributed by atoms with van der Waals surface area (Å²) < 4.78 is 63.1. The molecule has 2 heterocycles. The Hall–Kier alpha value is -4.04. The summed E-state index contributed by atoms with van der Waals surface area (Å²) in [5.74, 6) is 2.19. The molecular weight excluding hydrogens is 774 g/mol. The van der Waals surface area contributed by atoms with Gasteiger partial charge in [0.15, 0.2) is 0 Å². The molecule has 2 unspecified atom stereocenters. The number of methoxy groups -OCH3 is 4. The van der Waals surface area contributed by atoms with E-state index in [4.69, 9.17) is 44.8 Å². The van der Waals surface area contributed by atoms with Crippen molar-refractivity contribution in [3.63, 3.8) is 0 Å². The van der Waals surface area contributed by atoms with Gasteiger partial charge in [-0.05, 0) is 90.1 Å². The SMILES string of the molecule is COCc1cc(C)c2op(OCCC(C)Op3oc4c(C(C)(C)C)cc(OC)cc4c4cc(OC)cc(C(C)(C)C)c4o3)oc3c(C(C)(C)C)cc(OC)cc3c2c1. The molecule has 2 aromatic heterocycles. The Bertz CT molecular complexity index is 2450. The fourth-order valence-corrected chi connectivity index (χ4v) is 9.42. The van der Waals surface area contributed by atoms with Crippen molar-refractivity contribution in [2.24, 2.45) is 0 Å². The van der Waals surface area contributed by atoms with E-state index in [-0.39, 0.29) is 22.3 Å². The van der Waals surface area contributed by atoms with Gasteiger partial charge in [0.2, 0.25) is 0 Å². The van der Waals surface area contributed by atoms with Crippen molar-refractivity contribution in [1.82, 2.24) is 0 Å². The topological polar surface area (TPSA) is 108 Å². The van der Waals surface area contributed by atoms with E-state index in [0.717, 1.165) is 72.2 Å². The second kappa shape index (κ2) is 16.9. The zero-order chi connectivity index (χ0) is 42.3. The van der Waals surface area contributed by atoms with Crippen molar-refractivity contribution < 1.29 is 44.8 Å². The molecule has 6 aromatic rings. The lowest BCUT2D eigenvalue weighted by molar-refractivity contribution is 0.185. The first-order valence-electron chi connectivity index (χ1n) is 19.7. The minimum absolute atomic E-state index is 0.264. The zero-order valence-electron chi connectivity index (χ0n) is 36.8. The molecule has 0 aliphatic rings. The summed E-state index contributed by atoms with van der Waals surface area (Å²) in [6.45, 7) is 24.2. The van der Waals surface area contributed by atoms with Gasteiger partial charge in [0.1, 0.15) is 39.6 Å². The summed E-state index contributed by atoms with van der Waals surface area (Å²) in [7, 11) is 2.96. The second-order valence-electron chi connectivity index (χ2n) is 18.0. The molecule has 58 heavy (non-hydrogen) atoms. The highest BCUT2D eigenvalue weighted by atomic mass is 31.1. The molecular formula is C46H60O10P2. The molecule has 0 aliphatic heterocycles. The molecule has 4 aromatic carbocycles. The molecule has 0 amide bonds. The quantitative estimate of drug-likeness (QED) is 0.125. The number of hydrogen-bond donors (Lipinski definition) is 0. The van der Waals surface area contributed by atoms with Gasteiger partial charge in [-0.15, -0.1) is 0 Å². The second-order valence-corrected chi connectivity index (χ2v) is 20.1. The number of fused-ring (bicyclic) bond motifs is 6. The van der Waals surface area contributed by atoms with Crippen molar-refractivity contribution >= 4 is 60.4 Å². The van der Waals surface area contributed by atoms with Gasteiger partial charge in [0.05, 0.1) is 40.6 Å². The summed E-state index contributed by atoms with van der Waals surface area (Å²) in [6.07, 6.45) is 0.193. The number of aryl methyl sites for hydroxylation is 1. The lowest BCUT2D eigenvalue weighted by Gasteiger charge is -2.21. The van der Waals surface area contributed by atoms with Crippen molar-refractivity contribution in [3.05, 3.63) is 76.3 Å². The Balaban J connectivity index is 1.43. The summed E-state index contributed by atoms with van der Waals surface area (Å²) >= 11 is 0. The molecule has 0 fully saturated rings. The van der Waals surface area contributed by atoms with Crippen LogP contribution in [0.3, 0.4) is 0 Å². The highest BCUT2D eigenvalue weighted by Gasteiger charge is 2.27. The largest absolute Gasteiger partial charge is 0.497 e. The van der Waals surface area contributed by atoms with E-state index in [9.17, 15) is 0 Å². The standard InChI is InChI=1S/C46H60O10P2/c1-27-18-29(26-47-12)19-33-34-20-30(48-13)23-37(44(3,4)5)41(34)54-57(53-40(27)33)51-17-16-28(2)52-58-55-42-35(21-31(49-14)24-38(42)45(6,7)8)36-22-32(50-15)25-39(43(36)56-58)46(9,10)11/h18-25,28H,16-17,26H2,1-15H3. The molecule has 12 heteroatoms. The van der Waals surface area contributed by atoms with Crippen LogP contribution in [-0.2, 0) is 27.6 Å². The first-order valence-corrected chi connectivity index (χ1v) is 21.9. The smallest absolute Gasteiger partial charge is 0.387 e. The van der Waals surface area contributed by atoms with Crippen molar-refractivity contribution in [3.8, 4) is 17.2 Å². The maximum Gasteiger partial charge on any atom is 0.387 e. The van der Waals surface area contributed by atoms with E-state index < -0.39 is 16.5 Å². The van der Waals surface area contributed by atoms with E-state index in [1.165, 1.54) is 0 Å². The zero-order valence-corrected chi connectivity index (χ0v) is 38.6. The average Bonchev–Trinajstić information content (AvgIpc) is 3.40. The number of benzene rings is 4. The molecule has 10 nitrogen and oxygen atoms in total. The van der Waals surface area contributed by atoms with Crippen LogP contribution in [-0.4, -0.2) is 41.2 Å². The highest BCUT2D eigenvalue weighted by molar-refractivity contribution is 7.32. The molecule has 0 saturated heterocycles. The van der Waals surface area contributed by atoms with Crippen LogP contribution < -0.4 is 23.3 Å². The Kier molecular flexibility index (Phi) is 12.7. The van der Waals surface area contributed by atoms with Gasteiger partial charge in [-0.2, -0.15) is 0 Å². The van der Waals surface area contributed by atoms with E-state index in [1.54, 1.807) is 28.4 Å². The minimum atomic E-state index is -1.92. The average molecular weight is 835 g/mol. The lowest BCUT2D eigenvalue weighted by atomic mass is 9.84. The van der Waals surface area contributed by atoms with Gasteiger partial charge in [-0.3, -0.25) is 9.05 Å². The molecule has 0 spiro atoms. The third-order valence-electron chi connectivity index (χ3n) is 10.2. The van der Waals surface area contributed by atoms with Crippen molar-refractivity contribution in [2.45, 2.75) is 112 Å². The molecule has 0 bridgehead atoms. The molecule has 0 N–H and O–H groups in total. The van der Waals surface area contributed by atoms with Crippen LogP contribution >= 0.6 is 16.5 Å². The van der Waals surface area contributed by atoms with E-state index in [0.29, 0.717) is 36.4 Å². The monoisotopic (exact) mass is 834 g/mol. The van der Waals surface area contributed by atoms with Crippen LogP contribution in [0.15, 0.2) is 65.3 Å². The molecule has 0 radical (unpaired) electrons. The summed E-state index contributed by atoms with van der Waals surface area (Å²) in [6, 6.07) is 16.3. The molecule has 0 saturated carbocycles. The van der Waals surface area contributed by atoms with E-state index >= 15 is 0 Å². The van der Waals surface area contributed by atoms with Crippen LogP contribution in [0.1, 0.15) is 103 Å². The fraction of sp³-hybridized carbons (Fsp3) is 0.478. The summed E-state index contributed by atoms with van der Waals surface area (Å²) in [5, 5.41) is 3.51. The summed E-state index contributed by atoms with van der Waals surface area (Å²) in [4.78, 5) is 0. The Morgan fingerprint density at radius 3 is 1.33 bits per heavy atom. The molecule has 6 rings (SSSR count). The predicted molar refractivity (Wildman–Crippen MR) is 236 cm³/mol. The van der Waals surface area contributed by atoms with Crippen LogP contribution in [0.25, 0.3) is 43.9 Å². The number of rotatable bonds is 11. The predicted octanol–water partition coefficient (Wildman–Crippen LogP) is 13.6. The lowest BCUT2D eigenvalue weighted by Crippen LogP contribution is -2.14. The number of hydrogen-bond acceptors (Lipinski definition) is 10. The number of ether oxygens (including phenoxy) is 4. The van der Waals surface area contributed by atoms with Gasteiger partial charge < -0.3 is 35.7 Å². The maximum atomic E-state index is 6.82. The van der Waals surface area contributed by atoms with Crippen molar-refractivity contribution in [1.29, 1.82) is 0 Å². The fourth-order valence-electron chi connectivity index (χ4n) is 7.07. The Morgan fingerprint density at radius 2 is 0.931 bits per heavy atom. The van der Waals surface area contributed by atoms with E-state index in [1.807, 2.05) is 50.2 Å². The summed E-state index contributed by atoms with van der Waals surface area (Å²) in [5.41, 5.74) is 6.94. The third-order valence-corrected chi connectivity index (χ3v) is 12.4. The van der Waals surface area contributed by atoms with Crippen LogP contribution in [0.5, 0.6) is 17.2 Å². The van der Waals surface area contributed by atoms with Gasteiger partial charge in [-0.25, -0.2) is 0 Å². The third kappa shape index (κ3) is 9.22. The van der Waals surface area contributed by atoms with Gasteiger partial charge in [0.25, 0.3) is 0 Å². The Morgan fingerprint density at radius 1 is 0.534 bits per heavy atom. The van der Waals surface area contributed by atoms with Crippen LogP contribution in [0.4, 0.5) is 0 Å². The molecule has 2 atom stereocenters. The van der Waals surface area contributed by atoms with Crippen molar-refractivity contribution in [2.75, 3.05) is 35.0 Å². The Labute approximate surface area is 344 Å². The van der Waals surface area contributed by atoms with Crippen LogP contribution in [0, 0.1) is 6.92 Å². The normalized spacial score (nSPS) is 13.4. The maximum absolute atomic E-state index is 6.82. The molecule has 0 aliphatic carbocycles. The van der Waals surface area contributed by atoms with Gasteiger partial charge in [0, 0.05) is 45.3 Å².